The second-order valence-electron chi connectivity index (χ2n) is 13.4. The normalized spacial score (nSPS) is 14.0. The minimum Gasteiger partial charge on any atom is -0.481 e. The van der Waals surface area contributed by atoms with E-state index in [0.29, 0.717) is 25.0 Å². The Bertz CT molecular complexity index is 742. The molecule has 0 aromatic rings. The Morgan fingerprint density at radius 2 is 1.17 bits per heavy atom. The maximum Gasteiger partial charge on any atom is 0.333 e. The maximum absolute atomic E-state index is 12.0. The van der Waals surface area contributed by atoms with Crippen LogP contribution in [0.1, 0.15) is 26.2 Å². The van der Waals surface area contributed by atoms with E-state index in [-0.39, 0.29) is 12.4 Å². The Labute approximate surface area is 226 Å². The van der Waals surface area contributed by atoms with Crippen molar-refractivity contribution in [1.82, 2.24) is 0 Å². The molecule has 0 spiro atoms. The lowest BCUT2D eigenvalue weighted by Crippen LogP contribution is -2.81. The molecule has 7 nitrogen and oxygen atoms in total. The van der Waals surface area contributed by atoms with Crippen LogP contribution in [0.5, 0.6) is 0 Å². The SMILES string of the molecule is C=C(C)C(=O)OCCC[Si](O[Si](C)(C)CCCC(=O)O)([Si](C)(C)O[Si](C)(C)C)[Si](C)(C)O[Si](C)(C)C. The third kappa shape index (κ3) is 12.1. The van der Waals surface area contributed by atoms with E-state index in [1.807, 2.05) is 0 Å². The van der Waals surface area contributed by atoms with Gasteiger partial charge in [-0.25, -0.2) is 4.79 Å². The van der Waals surface area contributed by atoms with Gasteiger partial charge in [0.15, 0.2) is 40.6 Å². The monoisotopic (exact) mass is 610 g/mol. The van der Waals surface area contributed by atoms with Gasteiger partial charge in [-0.1, -0.05) is 6.58 Å². The molecule has 0 aromatic heterocycles. The quantitative estimate of drug-likeness (QED) is 0.0838. The van der Waals surface area contributed by atoms with Crippen LogP contribution in [0.25, 0.3) is 0 Å². The van der Waals surface area contributed by atoms with E-state index < -0.39 is 53.9 Å². The highest BCUT2D eigenvalue weighted by Gasteiger charge is 2.66. The zero-order chi connectivity index (χ0) is 28.8. The predicted molar refractivity (Wildman–Crippen MR) is 165 cm³/mol. The van der Waals surface area contributed by atoms with Crippen molar-refractivity contribution >= 4 is 59.9 Å². The minimum absolute atomic E-state index is 0.156. The zero-order valence-corrected chi connectivity index (χ0v) is 31.3. The number of carboxylic acid groups (broad SMARTS) is 1. The second-order valence-corrected chi connectivity index (χ2v) is 50.1. The van der Waals surface area contributed by atoms with Gasteiger partial charge in [-0.3, -0.25) is 4.79 Å². The smallest absolute Gasteiger partial charge is 0.333 e. The highest BCUT2D eigenvalue weighted by Crippen LogP contribution is 2.41. The molecule has 0 amide bonds. The summed E-state index contributed by atoms with van der Waals surface area (Å²) in [6.45, 7) is 32.8. The Morgan fingerprint density at radius 3 is 1.53 bits per heavy atom. The molecule has 13 heteroatoms. The first-order valence-electron chi connectivity index (χ1n) is 13.0. The molecule has 0 unspecified atom stereocenters. The van der Waals surface area contributed by atoms with Crippen molar-refractivity contribution in [3.63, 3.8) is 0 Å². The van der Waals surface area contributed by atoms with Crippen LogP contribution in [0, 0.1) is 0 Å². The molecule has 212 valence electrons. The van der Waals surface area contributed by atoms with E-state index in [9.17, 15) is 14.7 Å². The molecule has 0 heterocycles. The average Bonchev–Trinajstić information content (AvgIpc) is 2.58. The van der Waals surface area contributed by atoms with E-state index in [1.54, 1.807) is 6.92 Å². The van der Waals surface area contributed by atoms with Crippen LogP contribution in [0.15, 0.2) is 12.2 Å². The van der Waals surface area contributed by atoms with Crippen LogP contribution >= 0.6 is 0 Å². The van der Waals surface area contributed by atoms with Crippen LogP contribution in [-0.4, -0.2) is 71.6 Å². The number of aliphatic carboxylic acids is 1. The van der Waals surface area contributed by atoms with E-state index in [4.69, 9.17) is 17.1 Å². The van der Waals surface area contributed by atoms with Crippen LogP contribution < -0.4 is 0 Å². The number of rotatable bonds is 17. The zero-order valence-electron chi connectivity index (χ0n) is 25.3. The fraction of sp³-hybridized carbons (Fsp3) is 0.826. The predicted octanol–water partition coefficient (Wildman–Crippen LogP) is 6.80. The first kappa shape index (κ1) is 35.9. The lowest BCUT2D eigenvalue weighted by molar-refractivity contribution is -0.139. The molecule has 0 saturated carbocycles. The molecule has 0 radical (unpaired) electrons. The van der Waals surface area contributed by atoms with Crippen LogP contribution in [-0.2, 0) is 26.7 Å². The molecule has 0 rings (SSSR count). The number of carboxylic acids is 1. The Kier molecular flexibility index (Phi) is 13.2. The van der Waals surface area contributed by atoms with Crippen molar-refractivity contribution in [2.45, 2.75) is 117 Å². The van der Waals surface area contributed by atoms with Gasteiger partial charge in [0, 0.05) is 12.0 Å². The fourth-order valence-electron chi connectivity index (χ4n) is 5.12. The second kappa shape index (κ2) is 13.3. The molecule has 0 aromatic carbocycles. The minimum atomic E-state index is -2.68. The number of ether oxygens (including phenoxy) is 1. The number of hydrogen-bond donors (Lipinski definition) is 1. The Balaban J connectivity index is 6.60. The summed E-state index contributed by atoms with van der Waals surface area (Å²) in [7, 11) is -13.6. The van der Waals surface area contributed by atoms with Crippen molar-refractivity contribution in [1.29, 1.82) is 0 Å². The molecule has 0 bridgehead atoms. The van der Waals surface area contributed by atoms with Crippen molar-refractivity contribution in [3.05, 3.63) is 12.2 Å². The van der Waals surface area contributed by atoms with Crippen molar-refractivity contribution in [2.75, 3.05) is 6.61 Å². The van der Waals surface area contributed by atoms with E-state index in [0.717, 1.165) is 12.1 Å². The Hall–Kier alpha value is -0.139. The third-order valence-corrected chi connectivity index (χ3v) is 52.7. The van der Waals surface area contributed by atoms with Gasteiger partial charge in [0.1, 0.15) is 0 Å². The summed E-state index contributed by atoms with van der Waals surface area (Å²) >= 11 is 0. The number of carbonyl (C=O) groups is 2. The average molecular weight is 611 g/mol. The van der Waals surface area contributed by atoms with Gasteiger partial charge in [0.25, 0.3) is 0 Å². The van der Waals surface area contributed by atoms with Gasteiger partial charge in [-0.15, -0.1) is 0 Å². The standard InChI is InChI=1S/C23H54O7Si6/c1-21(2)23(26)27-18-16-20-36(34(11,12)28-31(3,4)5,35(13,14)29-32(6,7)8)30-33(9,10)19-15-17-22(24)25/h1,15-20H2,2-14H3,(H,24,25). The largest absolute Gasteiger partial charge is 0.481 e. The number of carbonyl (C=O) groups excluding carboxylic acids is 1. The summed E-state index contributed by atoms with van der Waals surface area (Å²) in [5.74, 6) is -1.13. The highest BCUT2D eigenvalue weighted by atomic mass is 29.7. The Morgan fingerprint density at radius 1 is 0.722 bits per heavy atom. The van der Waals surface area contributed by atoms with Gasteiger partial charge >= 0.3 is 11.9 Å². The van der Waals surface area contributed by atoms with Gasteiger partial charge in [-0.2, -0.15) is 0 Å². The summed E-state index contributed by atoms with van der Waals surface area (Å²) in [5, 5.41) is 9.20. The molecule has 0 fully saturated rings. The maximum atomic E-state index is 12.0. The molecule has 0 aliphatic heterocycles. The summed E-state index contributed by atoms with van der Waals surface area (Å²) < 4.78 is 27.2. The van der Waals surface area contributed by atoms with Crippen molar-refractivity contribution < 1.29 is 31.8 Å². The summed E-state index contributed by atoms with van der Waals surface area (Å²) in [5.41, 5.74) is 0.398. The van der Waals surface area contributed by atoms with Gasteiger partial charge < -0.3 is 22.2 Å². The van der Waals surface area contributed by atoms with Gasteiger partial charge in [0.2, 0.25) is 7.35 Å². The molecular formula is C23H54O7Si6. The first-order valence-corrected chi connectivity index (χ1v) is 32.9. The molecular weight excluding hydrogens is 557 g/mol. The van der Waals surface area contributed by atoms with Crippen molar-refractivity contribution in [2.24, 2.45) is 0 Å². The van der Waals surface area contributed by atoms with Crippen LogP contribution in [0.3, 0.4) is 0 Å². The first-order chi connectivity index (χ1) is 15.9. The van der Waals surface area contributed by atoms with Gasteiger partial charge in [0.05, 0.1) is 6.61 Å². The van der Waals surface area contributed by atoms with Crippen molar-refractivity contribution in [3.8, 4) is 0 Å². The number of hydrogen-bond acceptors (Lipinski definition) is 6. The molecule has 0 aliphatic carbocycles. The van der Waals surface area contributed by atoms with Gasteiger partial charge in [-0.05, 0) is 110 Å². The van der Waals surface area contributed by atoms with E-state index in [2.05, 4.69) is 85.1 Å². The third-order valence-electron chi connectivity index (χ3n) is 5.94. The highest BCUT2D eigenvalue weighted by molar-refractivity contribution is 7.66. The molecule has 36 heavy (non-hydrogen) atoms. The summed E-state index contributed by atoms with van der Waals surface area (Å²) in [6.07, 6.45) is 1.47. The van der Waals surface area contributed by atoms with E-state index >= 15 is 0 Å². The van der Waals surface area contributed by atoms with E-state index in [1.165, 1.54) is 0 Å². The summed E-state index contributed by atoms with van der Waals surface area (Å²) in [6, 6.07) is 1.60. The molecule has 0 aliphatic rings. The number of esters is 1. The molecule has 0 saturated heterocycles. The van der Waals surface area contributed by atoms with Crippen LogP contribution in [0.4, 0.5) is 0 Å². The topological polar surface area (TPSA) is 91.3 Å². The molecule has 1 N–H and O–H groups in total. The lowest BCUT2D eigenvalue weighted by Gasteiger charge is -2.56. The fourth-order valence-corrected chi connectivity index (χ4v) is 72.3. The molecule has 0 atom stereocenters. The lowest BCUT2D eigenvalue weighted by atomic mass is 10.3. The van der Waals surface area contributed by atoms with Crippen LogP contribution in [0.2, 0.25) is 90.7 Å². The summed E-state index contributed by atoms with van der Waals surface area (Å²) in [4.78, 5) is 23.2.